The molecule has 0 spiro atoms. The van der Waals surface area contributed by atoms with Crippen molar-refractivity contribution in [3.63, 3.8) is 0 Å². The van der Waals surface area contributed by atoms with Crippen molar-refractivity contribution >= 4 is 5.97 Å². The van der Waals surface area contributed by atoms with E-state index in [-0.39, 0.29) is 0 Å². The summed E-state index contributed by atoms with van der Waals surface area (Å²) in [5.74, 6) is -0.428. The monoisotopic (exact) mass is 284 g/mol. The van der Waals surface area contributed by atoms with Crippen molar-refractivity contribution in [2.75, 3.05) is 7.11 Å². The molecule has 4 nitrogen and oxygen atoms in total. The Morgan fingerprint density at radius 3 is 2.05 bits per heavy atom. The Labute approximate surface area is 123 Å². The summed E-state index contributed by atoms with van der Waals surface area (Å²) < 4.78 is 16.5. The van der Waals surface area contributed by atoms with Gasteiger partial charge in [-0.05, 0) is 5.56 Å². The van der Waals surface area contributed by atoms with E-state index < -0.39 is 24.5 Å². The molecule has 0 saturated carbocycles. The Balaban J connectivity index is 1.89. The van der Waals surface area contributed by atoms with Crippen molar-refractivity contribution in [1.29, 1.82) is 0 Å². The maximum absolute atomic E-state index is 11.9. The number of hydrogen-bond donors (Lipinski definition) is 0. The topological polar surface area (TPSA) is 44.8 Å². The van der Waals surface area contributed by atoms with Crippen LogP contribution in [0.4, 0.5) is 0 Å². The van der Waals surface area contributed by atoms with Gasteiger partial charge in [0.15, 0.2) is 12.4 Å². The second-order valence-electron chi connectivity index (χ2n) is 4.79. The molecule has 0 unspecified atom stereocenters. The van der Waals surface area contributed by atoms with Crippen molar-refractivity contribution in [2.24, 2.45) is 0 Å². The van der Waals surface area contributed by atoms with Crippen LogP contribution in [0.5, 0.6) is 0 Å². The molecule has 2 aromatic rings. The van der Waals surface area contributed by atoms with E-state index in [1.54, 1.807) is 0 Å². The zero-order chi connectivity index (χ0) is 14.7. The predicted molar refractivity (Wildman–Crippen MR) is 76.3 cm³/mol. The molecule has 1 heterocycles. The van der Waals surface area contributed by atoms with Crippen molar-refractivity contribution < 1.29 is 19.0 Å². The van der Waals surface area contributed by atoms with Gasteiger partial charge in [0.1, 0.15) is 6.10 Å². The number of ether oxygens (including phenoxy) is 3. The Morgan fingerprint density at radius 1 is 0.905 bits per heavy atom. The second-order valence-corrected chi connectivity index (χ2v) is 4.79. The van der Waals surface area contributed by atoms with Gasteiger partial charge in [-0.1, -0.05) is 60.7 Å². The molecule has 108 valence electrons. The number of benzene rings is 2. The molecular formula is C17H16O4. The Kier molecular flexibility index (Phi) is 3.99. The maximum Gasteiger partial charge on any atom is 0.338 e. The van der Waals surface area contributed by atoms with Crippen LogP contribution < -0.4 is 0 Å². The van der Waals surface area contributed by atoms with Gasteiger partial charge in [0.25, 0.3) is 0 Å². The molecular weight excluding hydrogens is 268 g/mol. The normalized spacial score (nSPS) is 24.7. The molecule has 1 aliphatic heterocycles. The van der Waals surface area contributed by atoms with Crippen LogP contribution in [0.3, 0.4) is 0 Å². The third-order valence-corrected chi connectivity index (χ3v) is 3.45. The summed E-state index contributed by atoms with van der Waals surface area (Å²) in [6.45, 7) is 0. The average molecular weight is 284 g/mol. The quantitative estimate of drug-likeness (QED) is 0.813. The summed E-state index contributed by atoms with van der Waals surface area (Å²) in [5.41, 5.74) is 1.77. The van der Waals surface area contributed by atoms with E-state index in [1.165, 1.54) is 7.11 Å². The maximum atomic E-state index is 11.9. The van der Waals surface area contributed by atoms with Crippen molar-refractivity contribution in [3.8, 4) is 0 Å². The van der Waals surface area contributed by atoms with E-state index in [4.69, 9.17) is 14.2 Å². The van der Waals surface area contributed by atoms with Crippen molar-refractivity contribution in [2.45, 2.75) is 18.5 Å². The van der Waals surface area contributed by atoms with Gasteiger partial charge in [-0.3, -0.25) is 0 Å². The number of esters is 1. The molecule has 0 radical (unpaired) electrons. The van der Waals surface area contributed by atoms with E-state index in [2.05, 4.69) is 0 Å². The molecule has 3 atom stereocenters. The summed E-state index contributed by atoms with van der Waals surface area (Å²) in [6.07, 6.45) is -1.80. The fourth-order valence-corrected chi connectivity index (χ4v) is 2.40. The van der Waals surface area contributed by atoms with Gasteiger partial charge in [-0.25, -0.2) is 4.79 Å². The molecule has 0 bridgehead atoms. The van der Waals surface area contributed by atoms with Crippen LogP contribution >= 0.6 is 0 Å². The van der Waals surface area contributed by atoms with Gasteiger partial charge in [-0.15, -0.1) is 0 Å². The first-order valence-electron chi connectivity index (χ1n) is 6.78. The molecule has 4 heteroatoms. The highest BCUT2D eigenvalue weighted by molar-refractivity contribution is 5.76. The summed E-state index contributed by atoms with van der Waals surface area (Å²) in [4.78, 5) is 11.9. The van der Waals surface area contributed by atoms with E-state index in [0.717, 1.165) is 11.1 Å². The van der Waals surface area contributed by atoms with Gasteiger partial charge in [0, 0.05) is 5.56 Å². The fraction of sp³-hybridized carbons (Fsp3) is 0.235. The molecule has 0 amide bonds. The fourth-order valence-electron chi connectivity index (χ4n) is 2.40. The molecule has 21 heavy (non-hydrogen) atoms. The lowest BCUT2D eigenvalue weighted by atomic mass is 10.0. The number of hydrogen-bond acceptors (Lipinski definition) is 4. The van der Waals surface area contributed by atoms with E-state index >= 15 is 0 Å². The SMILES string of the molecule is COC(=O)[C@@H]1O[C@@H](c2ccccc2)O[C@@H]1c1ccccc1. The van der Waals surface area contributed by atoms with Crippen LogP contribution in [-0.4, -0.2) is 19.2 Å². The van der Waals surface area contributed by atoms with Crippen LogP contribution in [0.2, 0.25) is 0 Å². The largest absolute Gasteiger partial charge is 0.467 e. The van der Waals surface area contributed by atoms with Gasteiger partial charge in [0.2, 0.25) is 0 Å². The van der Waals surface area contributed by atoms with Gasteiger partial charge < -0.3 is 14.2 Å². The summed E-state index contributed by atoms with van der Waals surface area (Å²) in [6, 6.07) is 19.1. The molecule has 1 fully saturated rings. The van der Waals surface area contributed by atoms with Crippen LogP contribution in [0.1, 0.15) is 23.5 Å². The molecule has 0 aliphatic carbocycles. The Bertz CT molecular complexity index is 597. The molecule has 0 N–H and O–H groups in total. The van der Waals surface area contributed by atoms with Crippen molar-refractivity contribution in [1.82, 2.24) is 0 Å². The zero-order valence-corrected chi connectivity index (χ0v) is 11.6. The third kappa shape index (κ3) is 2.82. The highest BCUT2D eigenvalue weighted by atomic mass is 16.7. The third-order valence-electron chi connectivity index (χ3n) is 3.45. The molecule has 1 saturated heterocycles. The van der Waals surface area contributed by atoms with Crippen molar-refractivity contribution in [3.05, 3.63) is 71.8 Å². The van der Waals surface area contributed by atoms with Crippen LogP contribution in [0, 0.1) is 0 Å². The minimum absolute atomic E-state index is 0.428. The summed E-state index contributed by atoms with van der Waals surface area (Å²) in [5, 5.41) is 0. The lowest BCUT2D eigenvalue weighted by molar-refractivity contribution is -0.154. The van der Waals surface area contributed by atoms with E-state index in [1.807, 2.05) is 60.7 Å². The van der Waals surface area contributed by atoms with E-state index in [9.17, 15) is 4.79 Å². The Hall–Kier alpha value is -2.17. The molecule has 0 aromatic heterocycles. The molecule has 2 aromatic carbocycles. The van der Waals surface area contributed by atoms with Gasteiger partial charge in [0.05, 0.1) is 7.11 Å². The minimum atomic E-state index is -0.761. The first-order chi connectivity index (χ1) is 10.3. The van der Waals surface area contributed by atoms with Gasteiger partial charge >= 0.3 is 5.97 Å². The molecule has 1 aliphatic rings. The number of rotatable bonds is 3. The Morgan fingerprint density at radius 2 is 1.48 bits per heavy atom. The average Bonchev–Trinajstić information content (AvgIpc) is 3.01. The predicted octanol–water partition coefficient (Wildman–Crippen LogP) is 3.01. The lowest BCUT2D eigenvalue weighted by Crippen LogP contribution is -2.27. The summed E-state index contributed by atoms with van der Waals surface area (Å²) >= 11 is 0. The lowest BCUT2D eigenvalue weighted by Gasteiger charge is -2.14. The number of carbonyl (C=O) groups excluding carboxylic acids is 1. The van der Waals surface area contributed by atoms with Crippen LogP contribution in [0.15, 0.2) is 60.7 Å². The standard InChI is InChI=1S/C17H16O4/c1-19-16(18)15-14(12-8-4-2-5-9-12)20-17(21-15)13-10-6-3-7-11-13/h2-11,14-15,17H,1H3/t14-,15-,17+/m1/s1. The number of methoxy groups -OCH3 is 1. The number of carbonyl (C=O) groups is 1. The van der Waals surface area contributed by atoms with Gasteiger partial charge in [-0.2, -0.15) is 0 Å². The smallest absolute Gasteiger partial charge is 0.338 e. The first kappa shape index (κ1) is 13.8. The second kappa shape index (κ2) is 6.08. The van der Waals surface area contributed by atoms with Crippen LogP contribution in [0.25, 0.3) is 0 Å². The minimum Gasteiger partial charge on any atom is -0.467 e. The van der Waals surface area contributed by atoms with Crippen LogP contribution in [-0.2, 0) is 19.0 Å². The molecule has 3 rings (SSSR count). The van der Waals surface area contributed by atoms with E-state index in [0.29, 0.717) is 0 Å². The first-order valence-corrected chi connectivity index (χ1v) is 6.78. The zero-order valence-electron chi connectivity index (χ0n) is 11.6. The highest BCUT2D eigenvalue weighted by Crippen LogP contribution is 2.40. The summed E-state index contributed by atoms with van der Waals surface area (Å²) in [7, 11) is 1.35. The highest BCUT2D eigenvalue weighted by Gasteiger charge is 2.43.